The fourth-order valence-corrected chi connectivity index (χ4v) is 1.87. The third-order valence-corrected chi connectivity index (χ3v) is 3.71. The van der Waals surface area contributed by atoms with Crippen LogP contribution in [-0.2, 0) is 0 Å². The van der Waals surface area contributed by atoms with Gasteiger partial charge in [0.25, 0.3) is 0 Å². The monoisotopic (exact) mass is 165 g/mol. The SMILES string of the molecule is [B-][P+](C)(CO)c1ccccc1. The molecular formula is C8H11BOP. The smallest absolute Gasteiger partial charge is 0.110 e. The standard InChI is InChI=1S/C8H11BOP/c1-11(9,7-10)8-5-3-2-4-6-8/h2-6,10H,7H2,1H3. The zero-order chi connectivity index (χ0) is 8.32. The topological polar surface area (TPSA) is 20.2 Å². The highest BCUT2D eigenvalue weighted by Crippen LogP contribution is 2.46. The van der Waals surface area contributed by atoms with Crippen molar-refractivity contribution in [3.63, 3.8) is 0 Å². The van der Waals surface area contributed by atoms with Gasteiger partial charge in [-0.2, -0.15) is 7.14 Å². The van der Waals surface area contributed by atoms with Gasteiger partial charge in [0.2, 0.25) is 0 Å². The Balaban J connectivity index is 2.93. The number of aliphatic hydroxyl groups is 1. The molecule has 0 fully saturated rings. The van der Waals surface area contributed by atoms with E-state index in [2.05, 4.69) is 0 Å². The molecule has 0 aliphatic carbocycles. The van der Waals surface area contributed by atoms with Gasteiger partial charge in [-0.3, -0.25) is 7.57 Å². The molecule has 3 radical (unpaired) electrons. The molecule has 0 aliphatic rings. The summed E-state index contributed by atoms with van der Waals surface area (Å²) in [6.07, 6.45) is 0.0804. The third-order valence-electron chi connectivity index (χ3n) is 1.64. The van der Waals surface area contributed by atoms with Gasteiger partial charge in [-0.25, -0.2) is 0 Å². The highest BCUT2D eigenvalue weighted by molar-refractivity contribution is 8.02. The van der Waals surface area contributed by atoms with E-state index >= 15 is 0 Å². The molecule has 0 heterocycles. The average Bonchev–Trinajstić information content (AvgIpc) is 2.06. The lowest BCUT2D eigenvalue weighted by Crippen LogP contribution is -2.12. The van der Waals surface area contributed by atoms with Crippen LogP contribution >= 0.6 is 7.14 Å². The molecule has 0 bridgehead atoms. The van der Waals surface area contributed by atoms with Crippen LogP contribution in [0.1, 0.15) is 0 Å². The quantitative estimate of drug-likeness (QED) is 0.511. The largest absolute Gasteiger partial charge is 0.366 e. The van der Waals surface area contributed by atoms with Crippen molar-refractivity contribution in [2.45, 2.75) is 0 Å². The van der Waals surface area contributed by atoms with Crippen molar-refractivity contribution in [2.24, 2.45) is 0 Å². The highest BCUT2D eigenvalue weighted by atomic mass is 31.2. The number of hydrogen-bond acceptors (Lipinski definition) is 1. The molecule has 1 aromatic carbocycles. The summed E-state index contributed by atoms with van der Waals surface area (Å²) in [5, 5.41) is 10.0. The Labute approximate surface area is 69.1 Å². The predicted octanol–water partition coefficient (Wildman–Crippen LogP) is 0.993. The highest BCUT2D eigenvalue weighted by Gasteiger charge is 2.11. The zero-order valence-corrected chi connectivity index (χ0v) is 7.46. The fourth-order valence-electron chi connectivity index (χ4n) is 0.850. The minimum atomic E-state index is -1.72. The first kappa shape index (κ1) is 8.77. The van der Waals surface area contributed by atoms with Crippen LogP contribution in [0.2, 0.25) is 0 Å². The van der Waals surface area contributed by atoms with Gasteiger partial charge in [-0.1, -0.05) is 18.2 Å². The molecule has 1 aromatic rings. The van der Waals surface area contributed by atoms with Gasteiger partial charge in [0.15, 0.2) is 0 Å². The van der Waals surface area contributed by atoms with E-state index in [1.165, 1.54) is 0 Å². The maximum absolute atomic E-state index is 8.97. The number of rotatable bonds is 2. The van der Waals surface area contributed by atoms with Crippen molar-refractivity contribution in [1.82, 2.24) is 0 Å². The molecule has 1 rings (SSSR count). The average molecular weight is 165 g/mol. The molecule has 3 heteroatoms. The van der Waals surface area contributed by atoms with Crippen molar-refractivity contribution < 1.29 is 5.11 Å². The van der Waals surface area contributed by atoms with E-state index < -0.39 is 7.14 Å². The Morgan fingerprint density at radius 3 is 2.36 bits per heavy atom. The van der Waals surface area contributed by atoms with Crippen LogP contribution in [0.25, 0.3) is 0 Å². The van der Waals surface area contributed by atoms with Crippen molar-refractivity contribution >= 4 is 20.0 Å². The van der Waals surface area contributed by atoms with Crippen LogP contribution in [0.3, 0.4) is 0 Å². The van der Waals surface area contributed by atoms with Crippen molar-refractivity contribution in [3.05, 3.63) is 30.3 Å². The lowest BCUT2D eigenvalue weighted by atomic mass is 10.4. The van der Waals surface area contributed by atoms with Gasteiger partial charge in [-0.05, 0) is 12.1 Å². The summed E-state index contributed by atoms with van der Waals surface area (Å²) in [4.78, 5) is 0. The van der Waals surface area contributed by atoms with Crippen LogP contribution in [0, 0.1) is 0 Å². The van der Waals surface area contributed by atoms with Crippen LogP contribution in [0.5, 0.6) is 0 Å². The van der Waals surface area contributed by atoms with E-state index in [0.717, 1.165) is 5.30 Å². The van der Waals surface area contributed by atoms with Crippen LogP contribution < -0.4 is 5.30 Å². The Morgan fingerprint density at radius 1 is 1.36 bits per heavy atom. The Kier molecular flexibility index (Phi) is 2.70. The molecule has 0 aromatic heterocycles. The third kappa shape index (κ3) is 2.05. The molecule has 0 spiro atoms. The first-order chi connectivity index (χ1) is 5.17. The number of aliphatic hydroxyl groups excluding tert-OH is 1. The van der Waals surface area contributed by atoms with Crippen LogP contribution in [0.15, 0.2) is 30.3 Å². The molecule has 0 saturated heterocycles. The number of hydrogen-bond donors (Lipinski definition) is 1. The summed E-state index contributed by atoms with van der Waals surface area (Å²) >= 11 is 0. The molecule has 0 saturated carbocycles. The molecule has 1 nitrogen and oxygen atoms in total. The first-order valence-electron chi connectivity index (χ1n) is 3.47. The van der Waals surface area contributed by atoms with Gasteiger partial charge in [0, 0.05) is 12.0 Å². The molecule has 1 unspecified atom stereocenters. The van der Waals surface area contributed by atoms with E-state index in [0.29, 0.717) is 0 Å². The molecule has 0 aliphatic heterocycles. The second-order valence-corrected chi connectivity index (χ2v) is 6.08. The van der Waals surface area contributed by atoms with Gasteiger partial charge in [0.1, 0.15) is 6.35 Å². The van der Waals surface area contributed by atoms with E-state index in [-0.39, 0.29) is 6.35 Å². The van der Waals surface area contributed by atoms with Crippen molar-refractivity contribution in [2.75, 3.05) is 13.0 Å². The minimum Gasteiger partial charge on any atom is -0.366 e. The maximum atomic E-state index is 8.97. The minimum absolute atomic E-state index is 0.0804. The first-order valence-corrected chi connectivity index (χ1v) is 5.96. The van der Waals surface area contributed by atoms with Crippen molar-refractivity contribution in [1.29, 1.82) is 0 Å². The molecule has 1 atom stereocenters. The summed E-state index contributed by atoms with van der Waals surface area (Å²) in [6, 6.07) is 9.75. The van der Waals surface area contributed by atoms with E-state index in [1.807, 2.05) is 37.0 Å². The van der Waals surface area contributed by atoms with E-state index in [4.69, 9.17) is 12.7 Å². The van der Waals surface area contributed by atoms with E-state index in [1.54, 1.807) is 0 Å². The zero-order valence-electron chi connectivity index (χ0n) is 6.57. The summed E-state index contributed by atoms with van der Waals surface area (Å²) < 4.78 is 0. The second kappa shape index (κ2) is 3.38. The Bertz CT molecular complexity index is 223. The second-order valence-electron chi connectivity index (χ2n) is 2.74. The summed E-state index contributed by atoms with van der Waals surface area (Å²) in [7, 11) is 4.18. The summed E-state index contributed by atoms with van der Waals surface area (Å²) in [5.41, 5.74) is 0. The Morgan fingerprint density at radius 2 is 1.91 bits per heavy atom. The molecule has 11 heavy (non-hydrogen) atoms. The van der Waals surface area contributed by atoms with Gasteiger partial charge in [-0.15, -0.1) is 0 Å². The van der Waals surface area contributed by atoms with Crippen LogP contribution in [0.4, 0.5) is 0 Å². The van der Waals surface area contributed by atoms with Gasteiger partial charge >= 0.3 is 0 Å². The molecule has 1 N–H and O–H groups in total. The maximum Gasteiger partial charge on any atom is 0.110 e. The molecule has 57 valence electrons. The van der Waals surface area contributed by atoms with Gasteiger partial charge in [0.05, 0.1) is 0 Å². The molecular weight excluding hydrogens is 154 g/mol. The van der Waals surface area contributed by atoms with E-state index in [9.17, 15) is 0 Å². The normalized spacial score (nSPS) is 15.9. The van der Waals surface area contributed by atoms with Crippen molar-refractivity contribution in [3.8, 4) is 0 Å². The lowest BCUT2D eigenvalue weighted by Gasteiger charge is -2.28. The molecule has 0 amide bonds. The van der Waals surface area contributed by atoms with Crippen LogP contribution in [-0.4, -0.2) is 25.7 Å². The lowest BCUT2D eigenvalue weighted by molar-refractivity contribution is 0.370. The Hall–Kier alpha value is -0.325. The number of benzene rings is 1. The summed E-state index contributed by atoms with van der Waals surface area (Å²) in [6.45, 7) is 1.92. The predicted molar refractivity (Wildman–Crippen MR) is 51.8 cm³/mol. The van der Waals surface area contributed by atoms with Gasteiger partial charge < -0.3 is 5.11 Å². The summed E-state index contributed by atoms with van der Waals surface area (Å²) in [5.74, 6) is 0. The fraction of sp³-hybridized carbons (Fsp3) is 0.250.